The van der Waals surface area contributed by atoms with Crippen LogP contribution in [0.25, 0.3) is 11.0 Å². The van der Waals surface area contributed by atoms with Crippen molar-refractivity contribution in [1.29, 1.82) is 0 Å². The van der Waals surface area contributed by atoms with Gasteiger partial charge in [-0.05, 0) is 35.2 Å². The zero-order valence-electron chi connectivity index (χ0n) is 10.3. The number of aliphatic carboxylic acids is 1. The molecular weight excluding hydrogens is 276 g/mol. The molecule has 0 radical (unpaired) electrons. The van der Waals surface area contributed by atoms with Gasteiger partial charge in [0, 0.05) is 5.39 Å². The largest absolute Gasteiger partial charge is 0.481 e. The summed E-state index contributed by atoms with van der Waals surface area (Å²) in [6.45, 7) is 0. The first-order valence-corrected chi connectivity index (χ1v) is 6.83. The number of furan rings is 1. The molecule has 20 heavy (non-hydrogen) atoms. The monoisotopic (exact) mass is 286 g/mol. The zero-order valence-corrected chi connectivity index (χ0v) is 11.1. The predicted molar refractivity (Wildman–Crippen MR) is 75.3 cm³/mol. The van der Waals surface area contributed by atoms with Crippen molar-refractivity contribution in [3.05, 3.63) is 58.0 Å². The molecule has 5 heteroatoms. The summed E-state index contributed by atoms with van der Waals surface area (Å²) in [5, 5.41) is 11.5. The van der Waals surface area contributed by atoms with Crippen LogP contribution in [0.15, 0.2) is 46.4 Å². The second-order valence-electron chi connectivity index (χ2n) is 4.36. The van der Waals surface area contributed by atoms with Crippen molar-refractivity contribution in [1.82, 2.24) is 0 Å². The third kappa shape index (κ3) is 2.23. The van der Waals surface area contributed by atoms with Crippen LogP contribution in [0, 0.1) is 0 Å². The quantitative estimate of drug-likeness (QED) is 0.747. The first kappa shape index (κ1) is 12.6. The maximum absolute atomic E-state index is 12.5. The van der Waals surface area contributed by atoms with E-state index in [9.17, 15) is 9.59 Å². The van der Waals surface area contributed by atoms with Gasteiger partial charge in [0.15, 0.2) is 0 Å². The maximum Gasteiger partial charge on any atom is 0.307 e. The lowest BCUT2D eigenvalue weighted by Crippen LogP contribution is -2.04. The van der Waals surface area contributed by atoms with E-state index < -0.39 is 5.97 Å². The highest BCUT2D eigenvalue weighted by Gasteiger charge is 2.17. The summed E-state index contributed by atoms with van der Waals surface area (Å²) in [6, 6.07) is 8.61. The Morgan fingerprint density at radius 3 is 2.80 bits per heavy atom. The standard InChI is InChI=1S/C15H10O4S/c16-13(17)8-9-6-10-3-4-19-15(10)11(7-9)14(18)12-2-1-5-20-12/h1-7H,8H2,(H,16,17). The van der Waals surface area contributed by atoms with E-state index in [0.717, 1.165) is 5.39 Å². The number of fused-ring (bicyclic) bond motifs is 1. The molecular formula is C15H10O4S. The molecule has 3 aromatic rings. The van der Waals surface area contributed by atoms with Gasteiger partial charge in [0.1, 0.15) is 5.58 Å². The van der Waals surface area contributed by atoms with E-state index >= 15 is 0 Å². The van der Waals surface area contributed by atoms with Crippen LogP contribution < -0.4 is 0 Å². The van der Waals surface area contributed by atoms with Crippen molar-refractivity contribution >= 4 is 34.1 Å². The number of carboxylic acid groups (broad SMARTS) is 1. The summed E-state index contributed by atoms with van der Waals surface area (Å²) in [7, 11) is 0. The molecule has 0 aliphatic carbocycles. The van der Waals surface area contributed by atoms with E-state index in [-0.39, 0.29) is 12.2 Å². The smallest absolute Gasteiger partial charge is 0.307 e. The lowest BCUT2D eigenvalue weighted by molar-refractivity contribution is -0.136. The van der Waals surface area contributed by atoms with Crippen LogP contribution >= 0.6 is 11.3 Å². The molecule has 2 aromatic heterocycles. The highest BCUT2D eigenvalue weighted by molar-refractivity contribution is 7.12. The first-order valence-electron chi connectivity index (χ1n) is 5.95. The van der Waals surface area contributed by atoms with E-state index in [1.165, 1.54) is 17.6 Å². The van der Waals surface area contributed by atoms with Gasteiger partial charge in [0.25, 0.3) is 0 Å². The minimum Gasteiger partial charge on any atom is -0.481 e. The molecule has 0 saturated heterocycles. The highest BCUT2D eigenvalue weighted by Crippen LogP contribution is 2.26. The molecule has 0 unspecified atom stereocenters. The Morgan fingerprint density at radius 2 is 2.10 bits per heavy atom. The van der Waals surface area contributed by atoms with Crippen LogP contribution in [0.3, 0.4) is 0 Å². The summed E-state index contributed by atoms with van der Waals surface area (Å²) < 4.78 is 5.36. The summed E-state index contributed by atoms with van der Waals surface area (Å²) in [5.74, 6) is -1.07. The number of carboxylic acids is 1. The number of carbonyl (C=O) groups excluding carboxylic acids is 1. The van der Waals surface area contributed by atoms with E-state index in [2.05, 4.69) is 0 Å². The van der Waals surface area contributed by atoms with Crippen molar-refractivity contribution in [2.24, 2.45) is 0 Å². The minimum absolute atomic E-state index is 0.119. The van der Waals surface area contributed by atoms with Gasteiger partial charge in [-0.2, -0.15) is 0 Å². The predicted octanol–water partition coefficient (Wildman–Crippen LogP) is 3.35. The molecule has 0 aliphatic heterocycles. The molecule has 1 aromatic carbocycles. The molecule has 0 saturated carbocycles. The summed E-state index contributed by atoms with van der Waals surface area (Å²) >= 11 is 1.35. The van der Waals surface area contributed by atoms with Gasteiger partial charge < -0.3 is 9.52 Å². The van der Waals surface area contributed by atoms with Crippen molar-refractivity contribution < 1.29 is 19.1 Å². The minimum atomic E-state index is -0.928. The molecule has 0 amide bonds. The SMILES string of the molecule is O=C(O)Cc1cc(C(=O)c2cccs2)c2occc2c1. The Bertz CT molecular complexity index is 783. The van der Waals surface area contributed by atoms with Crippen LogP contribution in [0.4, 0.5) is 0 Å². The van der Waals surface area contributed by atoms with Crippen LogP contribution in [-0.4, -0.2) is 16.9 Å². The molecule has 0 aliphatic rings. The molecule has 100 valence electrons. The third-order valence-electron chi connectivity index (χ3n) is 2.96. The average Bonchev–Trinajstić information content (AvgIpc) is 3.07. The van der Waals surface area contributed by atoms with Gasteiger partial charge >= 0.3 is 5.97 Å². The third-order valence-corrected chi connectivity index (χ3v) is 3.82. The molecule has 1 N–H and O–H groups in total. The number of hydrogen-bond acceptors (Lipinski definition) is 4. The van der Waals surface area contributed by atoms with Gasteiger partial charge in [-0.1, -0.05) is 6.07 Å². The topological polar surface area (TPSA) is 67.5 Å². The van der Waals surface area contributed by atoms with Gasteiger partial charge in [0.05, 0.1) is 23.1 Å². The van der Waals surface area contributed by atoms with Crippen molar-refractivity contribution in [2.75, 3.05) is 0 Å². The van der Waals surface area contributed by atoms with Crippen molar-refractivity contribution in [2.45, 2.75) is 6.42 Å². The normalized spacial score (nSPS) is 10.8. The number of benzene rings is 1. The molecule has 4 nitrogen and oxygen atoms in total. The Labute approximate surface area is 118 Å². The number of ketones is 1. The Kier molecular flexibility index (Phi) is 3.12. The molecule has 0 atom stereocenters. The average molecular weight is 286 g/mol. The molecule has 2 heterocycles. The van der Waals surface area contributed by atoms with Crippen LogP contribution in [0.2, 0.25) is 0 Å². The molecule has 0 spiro atoms. The Morgan fingerprint density at radius 1 is 1.25 bits per heavy atom. The van der Waals surface area contributed by atoms with Gasteiger partial charge in [-0.25, -0.2) is 0 Å². The van der Waals surface area contributed by atoms with E-state index in [0.29, 0.717) is 21.6 Å². The van der Waals surface area contributed by atoms with Crippen molar-refractivity contribution in [3.8, 4) is 0 Å². The molecule has 3 rings (SSSR count). The fourth-order valence-electron chi connectivity index (χ4n) is 2.13. The second kappa shape index (κ2) is 4.94. The number of rotatable bonds is 4. The lowest BCUT2D eigenvalue weighted by Gasteiger charge is -2.04. The van der Waals surface area contributed by atoms with Crippen LogP contribution in [-0.2, 0) is 11.2 Å². The number of hydrogen-bond donors (Lipinski definition) is 1. The second-order valence-corrected chi connectivity index (χ2v) is 5.31. The molecule has 0 fully saturated rings. The first-order chi connectivity index (χ1) is 9.65. The fraction of sp³-hybridized carbons (Fsp3) is 0.0667. The maximum atomic E-state index is 12.5. The van der Waals surface area contributed by atoms with E-state index in [1.54, 1.807) is 30.3 Å². The van der Waals surface area contributed by atoms with Gasteiger partial charge in [-0.3, -0.25) is 9.59 Å². The zero-order chi connectivity index (χ0) is 14.1. The van der Waals surface area contributed by atoms with E-state index in [4.69, 9.17) is 9.52 Å². The summed E-state index contributed by atoms with van der Waals surface area (Å²) in [6.07, 6.45) is 1.38. The lowest BCUT2D eigenvalue weighted by atomic mass is 10.0. The summed E-state index contributed by atoms with van der Waals surface area (Å²) in [5.41, 5.74) is 1.50. The number of carbonyl (C=O) groups is 2. The van der Waals surface area contributed by atoms with Crippen LogP contribution in [0.5, 0.6) is 0 Å². The molecule has 0 bridgehead atoms. The summed E-state index contributed by atoms with van der Waals surface area (Å²) in [4.78, 5) is 23.9. The fourth-order valence-corrected chi connectivity index (χ4v) is 2.81. The Hall–Kier alpha value is -2.40. The Balaban J connectivity index is 2.15. The highest BCUT2D eigenvalue weighted by atomic mass is 32.1. The van der Waals surface area contributed by atoms with Gasteiger partial charge in [0.2, 0.25) is 5.78 Å². The van der Waals surface area contributed by atoms with Crippen LogP contribution in [0.1, 0.15) is 20.8 Å². The number of thiophene rings is 1. The van der Waals surface area contributed by atoms with E-state index in [1.807, 2.05) is 5.38 Å². The van der Waals surface area contributed by atoms with Crippen molar-refractivity contribution in [3.63, 3.8) is 0 Å². The van der Waals surface area contributed by atoms with Gasteiger partial charge in [-0.15, -0.1) is 11.3 Å².